The van der Waals surface area contributed by atoms with Crippen molar-refractivity contribution in [2.24, 2.45) is 0 Å². The fraction of sp³-hybridized carbons (Fsp3) is 0.250. The number of nitrogens with two attached hydrogens (primary N) is 1. The van der Waals surface area contributed by atoms with Gasteiger partial charge < -0.3 is 10.8 Å². The second-order valence-corrected chi connectivity index (χ2v) is 2.62. The molecular formula is C8H11N3O2. The molecular weight excluding hydrogens is 170 g/mol. The van der Waals surface area contributed by atoms with Crippen LogP contribution in [-0.4, -0.2) is 20.9 Å². The maximum absolute atomic E-state index is 10.7. The average molecular weight is 181 g/mol. The highest BCUT2D eigenvalue weighted by Gasteiger charge is 2.17. The molecule has 1 aromatic rings. The van der Waals surface area contributed by atoms with Gasteiger partial charge in [0.15, 0.2) is 0 Å². The second kappa shape index (κ2) is 3.30. The molecule has 0 aliphatic rings. The van der Waals surface area contributed by atoms with Crippen LogP contribution in [0.2, 0.25) is 0 Å². The Hall–Kier alpha value is -1.78. The zero-order valence-electron chi connectivity index (χ0n) is 7.32. The molecule has 0 aliphatic carbocycles. The van der Waals surface area contributed by atoms with Crippen molar-refractivity contribution in [2.45, 2.75) is 13.5 Å². The van der Waals surface area contributed by atoms with E-state index in [0.29, 0.717) is 12.2 Å². The third-order valence-corrected chi connectivity index (χ3v) is 1.68. The van der Waals surface area contributed by atoms with Crippen LogP contribution in [-0.2, 0) is 6.54 Å². The van der Waals surface area contributed by atoms with E-state index < -0.39 is 5.97 Å². The predicted octanol–water partition coefficient (Wildman–Crippen LogP) is 0.658. The van der Waals surface area contributed by atoms with Gasteiger partial charge >= 0.3 is 5.97 Å². The monoisotopic (exact) mass is 181 g/mol. The Morgan fingerprint density at radius 2 is 2.46 bits per heavy atom. The Kier molecular flexibility index (Phi) is 2.36. The smallest absolute Gasteiger partial charge is 0.341 e. The van der Waals surface area contributed by atoms with Crippen LogP contribution < -0.4 is 5.73 Å². The molecule has 3 N–H and O–H groups in total. The molecule has 0 radical (unpaired) electrons. The van der Waals surface area contributed by atoms with E-state index in [1.807, 2.05) is 0 Å². The number of nitrogen functional groups attached to an aromatic ring is 1. The summed E-state index contributed by atoms with van der Waals surface area (Å²) < 4.78 is 1.41. The highest BCUT2D eigenvalue weighted by Crippen LogP contribution is 2.15. The molecule has 0 fully saturated rings. The lowest BCUT2D eigenvalue weighted by atomic mass is 10.2. The van der Waals surface area contributed by atoms with E-state index in [1.165, 1.54) is 4.68 Å². The molecule has 0 aromatic carbocycles. The molecule has 5 heteroatoms. The maximum Gasteiger partial charge on any atom is 0.341 e. The normalized spacial score (nSPS) is 9.92. The van der Waals surface area contributed by atoms with Gasteiger partial charge in [0.1, 0.15) is 11.4 Å². The number of hydrogen-bond acceptors (Lipinski definition) is 3. The number of aryl methyl sites for hydroxylation is 1. The van der Waals surface area contributed by atoms with E-state index >= 15 is 0 Å². The number of allylic oxidation sites excluding steroid dienone is 1. The van der Waals surface area contributed by atoms with Gasteiger partial charge in [0.05, 0.1) is 12.2 Å². The van der Waals surface area contributed by atoms with Crippen molar-refractivity contribution in [2.75, 3.05) is 5.73 Å². The first-order chi connectivity index (χ1) is 6.07. The first-order valence-electron chi connectivity index (χ1n) is 3.75. The molecule has 0 spiro atoms. The first-order valence-corrected chi connectivity index (χ1v) is 3.75. The Morgan fingerprint density at radius 3 is 2.85 bits per heavy atom. The number of aromatic nitrogens is 2. The number of carboxylic acids is 1. The lowest BCUT2D eigenvalue weighted by Crippen LogP contribution is -2.06. The second-order valence-electron chi connectivity index (χ2n) is 2.62. The molecule has 0 aliphatic heterocycles. The zero-order chi connectivity index (χ0) is 10.0. The molecule has 1 aromatic heterocycles. The Morgan fingerprint density at radius 1 is 1.85 bits per heavy atom. The van der Waals surface area contributed by atoms with E-state index in [-0.39, 0.29) is 11.4 Å². The summed E-state index contributed by atoms with van der Waals surface area (Å²) in [6.07, 6.45) is 1.61. The van der Waals surface area contributed by atoms with Crippen LogP contribution in [0.1, 0.15) is 16.1 Å². The van der Waals surface area contributed by atoms with Crippen LogP contribution in [0.15, 0.2) is 12.7 Å². The number of carboxylic acid groups (broad SMARTS) is 1. The topological polar surface area (TPSA) is 81.1 Å². The minimum absolute atomic E-state index is 0.0712. The lowest BCUT2D eigenvalue weighted by molar-refractivity contribution is 0.0697. The molecule has 1 heterocycles. The number of nitrogens with zero attached hydrogens (tertiary/aromatic N) is 2. The van der Waals surface area contributed by atoms with Crippen molar-refractivity contribution < 1.29 is 9.90 Å². The quantitative estimate of drug-likeness (QED) is 0.671. The standard InChI is InChI=1S/C8H11N3O2/c1-3-4-11-7(9)6(8(12)13)5(2)10-11/h3H,1,4,9H2,2H3,(H,12,13). The van der Waals surface area contributed by atoms with E-state index in [0.717, 1.165) is 0 Å². The highest BCUT2D eigenvalue weighted by molar-refractivity contribution is 5.94. The van der Waals surface area contributed by atoms with Crippen LogP contribution in [0, 0.1) is 6.92 Å². The summed E-state index contributed by atoms with van der Waals surface area (Å²) >= 11 is 0. The predicted molar refractivity (Wildman–Crippen MR) is 48.5 cm³/mol. The van der Waals surface area contributed by atoms with Crippen molar-refractivity contribution in [3.8, 4) is 0 Å². The van der Waals surface area contributed by atoms with Gasteiger partial charge in [-0.05, 0) is 6.92 Å². The third-order valence-electron chi connectivity index (χ3n) is 1.68. The van der Waals surface area contributed by atoms with Crippen molar-refractivity contribution in [3.05, 3.63) is 23.9 Å². The maximum atomic E-state index is 10.7. The molecule has 0 saturated heterocycles. The molecule has 0 saturated carbocycles. The van der Waals surface area contributed by atoms with Crippen molar-refractivity contribution in [1.82, 2.24) is 9.78 Å². The molecule has 1 rings (SSSR count). The first kappa shape index (κ1) is 9.31. The molecule has 13 heavy (non-hydrogen) atoms. The summed E-state index contributed by atoms with van der Waals surface area (Å²) in [6, 6.07) is 0. The van der Waals surface area contributed by atoms with Gasteiger partial charge in [-0.15, -0.1) is 6.58 Å². The number of rotatable bonds is 3. The van der Waals surface area contributed by atoms with E-state index in [2.05, 4.69) is 11.7 Å². The summed E-state index contributed by atoms with van der Waals surface area (Å²) in [7, 11) is 0. The summed E-state index contributed by atoms with van der Waals surface area (Å²) in [5.41, 5.74) is 6.06. The van der Waals surface area contributed by atoms with E-state index in [9.17, 15) is 4.79 Å². The SMILES string of the molecule is C=CCn1nc(C)c(C(=O)O)c1N. The molecule has 0 atom stereocenters. The number of carbonyl (C=O) groups is 1. The molecule has 0 bridgehead atoms. The van der Waals surface area contributed by atoms with Gasteiger partial charge in [0.25, 0.3) is 0 Å². The number of aromatic carboxylic acids is 1. The van der Waals surface area contributed by atoms with Crippen molar-refractivity contribution in [3.63, 3.8) is 0 Å². The van der Waals surface area contributed by atoms with Crippen molar-refractivity contribution >= 4 is 11.8 Å². The lowest BCUT2D eigenvalue weighted by Gasteiger charge is -1.98. The van der Waals surface area contributed by atoms with Gasteiger partial charge in [-0.3, -0.25) is 0 Å². The summed E-state index contributed by atoms with van der Waals surface area (Å²) in [5, 5.41) is 12.7. The van der Waals surface area contributed by atoms with Crippen LogP contribution in [0.5, 0.6) is 0 Å². The minimum Gasteiger partial charge on any atom is -0.477 e. The van der Waals surface area contributed by atoms with Gasteiger partial charge in [0.2, 0.25) is 0 Å². The van der Waals surface area contributed by atoms with E-state index in [1.54, 1.807) is 13.0 Å². The van der Waals surface area contributed by atoms with Crippen LogP contribution in [0.3, 0.4) is 0 Å². The largest absolute Gasteiger partial charge is 0.477 e. The van der Waals surface area contributed by atoms with Gasteiger partial charge in [-0.25, -0.2) is 9.48 Å². The van der Waals surface area contributed by atoms with Crippen LogP contribution in [0.4, 0.5) is 5.82 Å². The average Bonchev–Trinajstić information content (AvgIpc) is 2.28. The number of anilines is 1. The van der Waals surface area contributed by atoms with Crippen LogP contribution in [0.25, 0.3) is 0 Å². The Bertz CT molecular complexity index is 355. The minimum atomic E-state index is -1.05. The number of hydrogen-bond donors (Lipinski definition) is 2. The summed E-state index contributed by atoms with van der Waals surface area (Å²) in [6.45, 7) is 5.54. The van der Waals surface area contributed by atoms with Crippen LogP contribution >= 0.6 is 0 Å². The Labute approximate surface area is 75.5 Å². The van der Waals surface area contributed by atoms with Gasteiger partial charge in [-0.1, -0.05) is 6.08 Å². The molecule has 70 valence electrons. The Balaban J connectivity index is 3.21. The fourth-order valence-electron chi connectivity index (χ4n) is 1.13. The third kappa shape index (κ3) is 1.53. The van der Waals surface area contributed by atoms with Gasteiger partial charge in [0, 0.05) is 0 Å². The summed E-state index contributed by atoms with van der Waals surface area (Å²) in [4.78, 5) is 10.7. The summed E-state index contributed by atoms with van der Waals surface area (Å²) in [5.74, 6) is -0.879. The molecule has 0 amide bonds. The van der Waals surface area contributed by atoms with E-state index in [4.69, 9.17) is 10.8 Å². The van der Waals surface area contributed by atoms with Crippen molar-refractivity contribution in [1.29, 1.82) is 0 Å². The zero-order valence-corrected chi connectivity index (χ0v) is 7.32. The molecule has 5 nitrogen and oxygen atoms in total. The fourth-order valence-corrected chi connectivity index (χ4v) is 1.13. The highest BCUT2D eigenvalue weighted by atomic mass is 16.4. The van der Waals surface area contributed by atoms with Gasteiger partial charge in [-0.2, -0.15) is 5.10 Å². The molecule has 0 unspecified atom stereocenters.